The van der Waals surface area contributed by atoms with Gasteiger partial charge in [0.05, 0.1) is 14.2 Å². The summed E-state index contributed by atoms with van der Waals surface area (Å²) >= 11 is 0. The maximum atomic E-state index is 12.3. The van der Waals surface area contributed by atoms with E-state index in [2.05, 4.69) is 16.7 Å². The van der Waals surface area contributed by atoms with E-state index in [4.69, 9.17) is 4.74 Å². The molecular formula is C21H32N3O3+. The van der Waals surface area contributed by atoms with E-state index in [0.717, 1.165) is 29.9 Å². The minimum atomic E-state index is -0.285. The first-order chi connectivity index (χ1) is 13.0. The molecule has 0 aromatic heterocycles. The standard InChI is InChI=1S/C21H31N3O3/c1-16(21(26)22-14-13-17-7-5-4-6-8-17)24(2)15-20(25)23-18-9-11-19(27-3)12-10-18/h7,9-12,16H,4-6,8,13-15H2,1-3H3,(H,22,26)(H,23,25)/p+1/t16-/m1/s1. The highest BCUT2D eigenvalue weighted by Crippen LogP contribution is 2.19. The Labute approximate surface area is 162 Å². The zero-order valence-electron chi connectivity index (χ0n) is 16.6. The average molecular weight is 375 g/mol. The lowest BCUT2D eigenvalue weighted by atomic mass is 9.97. The fourth-order valence-electron chi connectivity index (χ4n) is 3.14. The molecule has 2 amide bonds. The van der Waals surface area contributed by atoms with E-state index >= 15 is 0 Å². The van der Waals surface area contributed by atoms with Gasteiger partial charge in [0.1, 0.15) is 5.75 Å². The van der Waals surface area contributed by atoms with Crippen molar-refractivity contribution in [2.45, 2.75) is 45.1 Å². The van der Waals surface area contributed by atoms with Crippen LogP contribution in [0.2, 0.25) is 0 Å². The van der Waals surface area contributed by atoms with Gasteiger partial charge in [-0.2, -0.15) is 0 Å². The first kappa shape index (κ1) is 21.0. The smallest absolute Gasteiger partial charge is 0.279 e. The third-order valence-electron chi connectivity index (χ3n) is 5.08. The number of amides is 2. The second-order valence-corrected chi connectivity index (χ2v) is 7.17. The Morgan fingerprint density at radius 3 is 2.59 bits per heavy atom. The van der Waals surface area contributed by atoms with Crippen LogP contribution in [0, 0.1) is 0 Å². The Hall–Kier alpha value is -2.34. The molecule has 1 aliphatic carbocycles. The lowest BCUT2D eigenvalue weighted by molar-refractivity contribution is -0.885. The minimum absolute atomic E-state index is 0.0128. The maximum absolute atomic E-state index is 12.3. The molecule has 0 radical (unpaired) electrons. The Bertz CT molecular complexity index is 655. The molecule has 0 spiro atoms. The number of ether oxygens (including phenoxy) is 1. The van der Waals surface area contributed by atoms with E-state index in [1.54, 1.807) is 31.4 Å². The highest BCUT2D eigenvalue weighted by Gasteiger charge is 2.23. The summed E-state index contributed by atoms with van der Waals surface area (Å²) in [6.07, 6.45) is 8.08. The normalized spacial score (nSPS) is 16.0. The predicted molar refractivity (Wildman–Crippen MR) is 107 cm³/mol. The van der Waals surface area contributed by atoms with Crippen molar-refractivity contribution in [2.75, 3.05) is 32.6 Å². The van der Waals surface area contributed by atoms with Crippen LogP contribution in [-0.2, 0) is 9.59 Å². The number of carbonyl (C=O) groups excluding carboxylic acids is 2. The van der Waals surface area contributed by atoms with Crippen LogP contribution >= 0.6 is 0 Å². The zero-order valence-corrected chi connectivity index (χ0v) is 16.6. The Kier molecular flexibility index (Phi) is 8.33. The molecule has 1 aromatic rings. The van der Waals surface area contributed by atoms with Gasteiger partial charge in [-0.25, -0.2) is 0 Å². The number of carbonyl (C=O) groups is 2. The summed E-state index contributed by atoms with van der Waals surface area (Å²) < 4.78 is 5.10. The van der Waals surface area contributed by atoms with Gasteiger partial charge >= 0.3 is 0 Å². The molecule has 0 heterocycles. The van der Waals surface area contributed by atoms with Gasteiger partial charge in [0.2, 0.25) is 0 Å². The molecule has 148 valence electrons. The molecule has 0 bridgehead atoms. The van der Waals surface area contributed by atoms with Crippen molar-refractivity contribution in [3.8, 4) is 5.75 Å². The summed E-state index contributed by atoms with van der Waals surface area (Å²) in [5.41, 5.74) is 2.17. The van der Waals surface area contributed by atoms with E-state index in [1.807, 2.05) is 14.0 Å². The van der Waals surface area contributed by atoms with Crippen LogP contribution < -0.4 is 20.3 Å². The van der Waals surface area contributed by atoms with Crippen LogP contribution in [0.15, 0.2) is 35.9 Å². The molecule has 6 nitrogen and oxygen atoms in total. The zero-order chi connectivity index (χ0) is 19.6. The number of allylic oxidation sites excluding steroid dienone is 1. The van der Waals surface area contributed by atoms with Crippen LogP contribution in [-0.4, -0.2) is 45.1 Å². The summed E-state index contributed by atoms with van der Waals surface area (Å²) in [7, 11) is 3.46. The molecule has 2 atom stereocenters. The van der Waals surface area contributed by atoms with Crippen LogP contribution in [0.4, 0.5) is 5.69 Å². The molecule has 0 saturated heterocycles. The van der Waals surface area contributed by atoms with Crippen molar-refractivity contribution in [3.63, 3.8) is 0 Å². The number of benzene rings is 1. The van der Waals surface area contributed by atoms with E-state index in [9.17, 15) is 9.59 Å². The Balaban J connectivity index is 1.72. The number of methoxy groups -OCH3 is 1. The second-order valence-electron chi connectivity index (χ2n) is 7.17. The van der Waals surface area contributed by atoms with E-state index < -0.39 is 0 Å². The number of rotatable bonds is 9. The predicted octanol–water partition coefficient (Wildman–Crippen LogP) is 1.54. The molecule has 0 fully saturated rings. The van der Waals surface area contributed by atoms with Crippen molar-refractivity contribution >= 4 is 17.5 Å². The number of nitrogens with one attached hydrogen (secondary N) is 3. The Morgan fingerprint density at radius 2 is 1.96 bits per heavy atom. The number of quaternary nitrogens is 1. The van der Waals surface area contributed by atoms with Gasteiger partial charge < -0.3 is 20.3 Å². The second kappa shape index (κ2) is 10.7. The van der Waals surface area contributed by atoms with Crippen LogP contribution in [0.25, 0.3) is 0 Å². The fraction of sp³-hybridized carbons (Fsp3) is 0.524. The first-order valence-electron chi connectivity index (χ1n) is 9.71. The van der Waals surface area contributed by atoms with Crippen molar-refractivity contribution in [2.24, 2.45) is 0 Å². The van der Waals surface area contributed by atoms with E-state index in [1.165, 1.54) is 18.4 Å². The number of anilines is 1. The summed E-state index contributed by atoms with van der Waals surface area (Å²) in [4.78, 5) is 25.4. The lowest BCUT2D eigenvalue weighted by Gasteiger charge is -2.21. The quantitative estimate of drug-likeness (QED) is 0.574. The minimum Gasteiger partial charge on any atom is -0.497 e. The molecule has 0 saturated carbocycles. The van der Waals surface area contributed by atoms with E-state index in [-0.39, 0.29) is 24.4 Å². The molecule has 1 aromatic carbocycles. The summed E-state index contributed by atoms with van der Waals surface area (Å²) in [5, 5.41) is 5.85. The maximum Gasteiger partial charge on any atom is 0.279 e. The van der Waals surface area contributed by atoms with Gasteiger partial charge in [0.15, 0.2) is 12.6 Å². The number of hydrogen-bond acceptors (Lipinski definition) is 3. The van der Waals surface area contributed by atoms with Gasteiger partial charge in [-0.1, -0.05) is 11.6 Å². The fourth-order valence-corrected chi connectivity index (χ4v) is 3.14. The molecule has 27 heavy (non-hydrogen) atoms. The lowest BCUT2D eigenvalue weighted by Crippen LogP contribution is -3.15. The number of hydrogen-bond donors (Lipinski definition) is 3. The van der Waals surface area contributed by atoms with Crippen molar-refractivity contribution < 1.29 is 19.2 Å². The van der Waals surface area contributed by atoms with E-state index in [0.29, 0.717) is 12.2 Å². The summed E-state index contributed by atoms with van der Waals surface area (Å²) in [6, 6.07) is 6.89. The average Bonchev–Trinajstić information content (AvgIpc) is 2.68. The molecule has 0 aliphatic heterocycles. The first-order valence-corrected chi connectivity index (χ1v) is 9.71. The van der Waals surface area contributed by atoms with Gasteiger partial charge in [-0.15, -0.1) is 0 Å². The molecule has 6 heteroatoms. The van der Waals surface area contributed by atoms with Gasteiger partial charge in [0.25, 0.3) is 11.8 Å². The molecule has 3 N–H and O–H groups in total. The van der Waals surface area contributed by atoms with Crippen molar-refractivity contribution in [1.82, 2.24) is 5.32 Å². The third kappa shape index (κ3) is 7.06. The van der Waals surface area contributed by atoms with Crippen LogP contribution in [0.1, 0.15) is 39.0 Å². The highest BCUT2D eigenvalue weighted by molar-refractivity contribution is 5.91. The SMILES string of the molecule is COc1ccc(NC(=O)C[NH+](C)[C@H](C)C(=O)NCCC2=CCCCC2)cc1. The van der Waals surface area contributed by atoms with Crippen molar-refractivity contribution in [1.29, 1.82) is 0 Å². The summed E-state index contributed by atoms with van der Waals surface area (Å²) in [5.74, 6) is 0.607. The molecule has 2 rings (SSSR count). The number of likely N-dealkylation sites (N-methyl/N-ethyl adjacent to an activating group) is 1. The molecular weight excluding hydrogens is 342 g/mol. The van der Waals surface area contributed by atoms with Gasteiger partial charge in [0, 0.05) is 12.2 Å². The van der Waals surface area contributed by atoms with Gasteiger partial charge in [-0.3, -0.25) is 9.59 Å². The summed E-state index contributed by atoms with van der Waals surface area (Å²) in [6.45, 7) is 2.75. The Morgan fingerprint density at radius 1 is 1.22 bits per heavy atom. The molecule has 1 aliphatic rings. The monoisotopic (exact) mass is 374 g/mol. The largest absolute Gasteiger partial charge is 0.497 e. The van der Waals surface area contributed by atoms with Gasteiger partial charge in [-0.05, 0) is 63.3 Å². The van der Waals surface area contributed by atoms with Crippen LogP contribution in [0.5, 0.6) is 5.75 Å². The molecule has 1 unspecified atom stereocenters. The highest BCUT2D eigenvalue weighted by atomic mass is 16.5. The third-order valence-corrected chi connectivity index (χ3v) is 5.08. The topological polar surface area (TPSA) is 71.9 Å². The van der Waals surface area contributed by atoms with Crippen molar-refractivity contribution in [3.05, 3.63) is 35.9 Å². The van der Waals surface area contributed by atoms with Crippen LogP contribution in [0.3, 0.4) is 0 Å².